The van der Waals surface area contributed by atoms with Crippen molar-refractivity contribution in [1.29, 1.82) is 0 Å². The van der Waals surface area contributed by atoms with Gasteiger partial charge in [-0.1, -0.05) is 0 Å². The van der Waals surface area contributed by atoms with Gasteiger partial charge >= 0.3 is 0 Å². The summed E-state index contributed by atoms with van der Waals surface area (Å²) in [5, 5.41) is 4.19. The first-order valence-corrected chi connectivity index (χ1v) is 8.03. The Balaban J connectivity index is 1.57. The van der Waals surface area contributed by atoms with Crippen LogP contribution in [0.1, 0.15) is 11.4 Å². The Hall–Kier alpha value is -2.67. The summed E-state index contributed by atoms with van der Waals surface area (Å²) in [5.41, 5.74) is 1.08. The van der Waals surface area contributed by atoms with Crippen LogP contribution in [-0.2, 0) is 26.2 Å². The lowest BCUT2D eigenvalue weighted by Crippen LogP contribution is -2.33. The fraction of sp³-hybridized carbons (Fsp3) is 0.353. The molecule has 1 atom stereocenters. The lowest BCUT2D eigenvalue weighted by Gasteiger charge is -2.23. The van der Waals surface area contributed by atoms with Crippen LogP contribution in [0.15, 0.2) is 58.5 Å². The Morgan fingerprint density at radius 2 is 2.21 bits per heavy atom. The number of aromatic nitrogens is 4. The maximum absolute atomic E-state index is 12.0. The van der Waals surface area contributed by atoms with Gasteiger partial charge in [-0.05, 0) is 12.1 Å². The monoisotopic (exact) mass is 325 g/mol. The van der Waals surface area contributed by atoms with Crippen LogP contribution < -0.4 is 5.56 Å². The van der Waals surface area contributed by atoms with Crippen molar-refractivity contribution in [3.63, 3.8) is 0 Å². The van der Waals surface area contributed by atoms with Gasteiger partial charge in [0, 0.05) is 55.8 Å². The van der Waals surface area contributed by atoms with Gasteiger partial charge in [-0.3, -0.25) is 9.69 Å². The third kappa shape index (κ3) is 3.16. The topological polar surface area (TPSA) is 69.1 Å². The average Bonchev–Trinajstić information content (AvgIpc) is 3.19. The SMILES string of the molecule is O=c1cccnn1C[C@H]1CN(Cc2ccoc2)Cc2nccn2C1. The Morgan fingerprint density at radius 3 is 3.04 bits per heavy atom. The van der Waals surface area contributed by atoms with E-state index in [1.807, 2.05) is 18.5 Å². The number of hydrogen-bond donors (Lipinski definition) is 0. The maximum Gasteiger partial charge on any atom is 0.266 e. The first kappa shape index (κ1) is 14.9. The van der Waals surface area contributed by atoms with Gasteiger partial charge in [-0.2, -0.15) is 5.10 Å². The molecule has 0 unspecified atom stereocenters. The zero-order valence-electron chi connectivity index (χ0n) is 13.3. The highest BCUT2D eigenvalue weighted by atomic mass is 16.3. The number of furan rings is 1. The zero-order valence-corrected chi connectivity index (χ0v) is 13.3. The number of fused-ring (bicyclic) bond motifs is 1. The second kappa shape index (κ2) is 6.45. The van der Waals surface area contributed by atoms with Crippen molar-refractivity contribution in [2.24, 2.45) is 5.92 Å². The van der Waals surface area contributed by atoms with Crippen molar-refractivity contribution >= 4 is 0 Å². The lowest BCUT2D eigenvalue weighted by molar-refractivity contribution is 0.203. The third-order valence-electron chi connectivity index (χ3n) is 4.34. The minimum atomic E-state index is -0.0611. The quantitative estimate of drug-likeness (QED) is 0.724. The van der Waals surface area contributed by atoms with E-state index < -0.39 is 0 Å². The summed E-state index contributed by atoms with van der Waals surface area (Å²) in [6, 6.07) is 5.20. The molecule has 3 aromatic rings. The summed E-state index contributed by atoms with van der Waals surface area (Å²) in [5.74, 6) is 1.33. The summed E-state index contributed by atoms with van der Waals surface area (Å²) in [7, 11) is 0. The molecule has 0 saturated carbocycles. The molecule has 0 radical (unpaired) electrons. The van der Waals surface area contributed by atoms with Crippen LogP contribution in [-0.4, -0.2) is 30.8 Å². The summed E-state index contributed by atoms with van der Waals surface area (Å²) < 4.78 is 8.90. The highest BCUT2D eigenvalue weighted by Gasteiger charge is 2.23. The molecule has 0 saturated heterocycles. The summed E-state index contributed by atoms with van der Waals surface area (Å²) in [6.07, 6.45) is 8.96. The molecule has 24 heavy (non-hydrogen) atoms. The van der Waals surface area contributed by atoms with Crippen LogP contribution in [0.3, 0.4) is 0 Å². The lowest BCUT2D eigenvalue weighted by atomic mass is 10.1. The maximum atomic E-state index is 12.0. The number of nitrogens with zero attached hydrogens (tertiary/aromatic N) is 5. The molecule has 0 aromatic carbocycles. The molecule has 0 bridgehead atoms. The van der Waals surface area contributed by atoms with Crippen molar-refractivity contribution < 1.29 is 4.42 Å². The summed E-state index contributed by atoms with van der Waals surface area (Å²) in [6.45, 7) is 3.89. The van der Waals surface area contributed by atoms with Crippen molar-refractivity contribution in [3.8, 4) is 0 Å². The molecule has 0 aliphatic carbocycles. The van der Waals surface area contributed by atoms with Gasteiger partial charge in [0.2, 0.25) is 0 Å². The molecule has 4 rings (SSSR count). The number of imidazole rings is 1. The standard InChI is InChI=1S/C17H19N5O2/c23-17-2-1-4-19-22(17)11-15-9-20(8-14-3-7-24-13-14)12-16-18-5-6-21(16)10-15/h1-7,13,15H,8-12H2/t15-/m0/s1. The number of rotatable bonds is 4. The third-order valence-corrected chi connectivity index (χ3v) is 4.34. The summed E-state index contributed by atoms with van der Waals surface area (Å²) >= 11 is 0. The predicted molar refractivity (Wildman–Crippen MR) is 87.0 cm³/mol. The minimum Gasteiger partial charge on any atom is -0.472 e. The molecule has 7 heteroatoms. The van der Waals surface area contributed by atoms with Gasteiger partial charge in [0.25, 0.3) is 5.56 Å². The molecule has 124 valence electrons. The van der Waals surface area contributed by atoms with Crippen LogP contribution in [0.2, 0.25) is 0 Å². The van der Waals surface area contributed by atoms with Crippen LogP contribution in [0, 0.1) is 5.92 Å². The molecular weight excluding hydrogens is 306 g/mol. The van der Waals surface area contributed by atoms with Crippen LogP contribution in [0.4, 0.5) is 0 Å². The van der Waals surface area contributed by atoms with E-state index >= 15 is 0 Å². The van der Waals surface area contributed by atoms with Gasteiger partial charge in [0.15, 0.2) is 0 Å². The average molecular weight is 325 g/mol. The van der Waals surface area contributed by atoms with Gasteiger partial charge in [0.1, 0.15) is 5.82 Å². The van der Waals surface area contributed by atoms with E-state index in [1.54, 1.807) is 35.5 Å². The van der Waals surface area contributed by atoms with Gasteiger partial charge < -0.3 is 8.98 Å². The minimum absolute atomic E-state index is 0.0611. The second-order valence-corrected chi connectivity index (χ2v) is 6.21. The largest absolute Gasteiger partial charge is 0.472 e. The molecule has 4 heterocycles. The number of hydrogen-bond acceptors (Lipinski definition) is 5. The van der Waals surface area contributed by atoms with E-state index in [9.17, 15) is 4.79 Å². The van der Waals surface area contributed by atoms with E-state index in [1.165, 1.54) is 0 Å². The van der Waals surface area contributed by atoms with E-state index in [-0.39, 0.29) is 11.5 Å². The zero-order chi connectivity index (χ0) is 16.4. The smallest absolute Gasteiger partial charge is 0.266 e. The first-order valence-electron chi connectivity index (χ1n) is 8.03. The molecule has 1 aliphatic heterocycles. The normalized spacial score (nSPS) is 18.2. The highest BCUT2D eigenvalue weighted by Crippen LogP contribution is 2.18. The predicted octanol–water partition coefficient (Wildman–Crippen LogP) is 1.36. The molecule has 0 fully saturated rings. The fourth-order valence-corrected chi connectivity index (χ4v) is 3.27. The molecular formula is C17H19N5O2. The molecule has 0 amide bonds. The van der Waals surface area contributed by atoms with E-state index in [0.29, 0.717) is 6.54 Å². The molecule has 3 aromatic heterocycles. The van der Waals surface area contributed by atoms with E-state index in [4.69, 9.17) is 4.42 Å². The molecule has 1 aliphatic rings. The van der Waals surface area contributed by atoms with Crippen LogP contribution in [0.25, 0.3) is 0 Å². The first-order chi connectivity index (χ1) is 11.8. The van der Waals surface area contributed by atoms with E-state index in [2.05, 4.69) is 19.5 Å². The molecule has 0 N–H and O–H groups in total. The van der Waals surface area contributed by atoms with Gasteiger partial charge in [0.05, 0.1) is 25.6 Å². The Morgan fingerprint density at radius 1 is 1.25 bits per heavy atom. The van der Waals surface area contributed by atoms with Crippen molar-refractivity contribution in [1.82, 2.24) is 24.2 Å². The Labute approximate surface area is 139 Å². The van der Waals surface area contributed by atoms with Crippen molar-refractivity contribution in [2.45, 2.75) is 26.2 Å². The molecule has 0 spiro atoms. The van der Waals surface area contributed by atoms with Crippen molar-refractivity contribution in [3.05, 3.63) is 71.1 Å². The summed E-state index contributed by atoms with van der Waals surface area (Å²) in [4.78, 5) is 18.8. The highest BCUT2D eigenvalue weighted by molar-refractivity contribution is 5.06. The molecule has 7 nitrogen and oxygen atoms in total. The van der Waals surface area contributed by atoms with Crippen LogP contribution >= 0.6 is 0 Å². The van der Waals surface area contributed by atoms with Gasteiger partial charge in [-0.25, -0.2) is 9.67 Å². The van der Waals surface area contributed by atoms with Crippen molar-refractivity contribution in [2.75, 3.05) is 6.54 Å². The van der Waals surface area contributed by atoms with Crippen LogP contribution in [0.5, 0.6) is 0 Å². The Kier molecular flexibility index (Phi) is 4.00. The van der Waals surface area contributed by atoms with E-state index in [0.717, 1.165) is 37.6 Å². The fourth-order valence-electron chi connectivity index (χ4n) is 3.27. The van der Waals surface area contributed by atoms with Gasteiger partial charge in [-0.15, -0.1) is 0 Å². The Bertz CT molecular complexity index is 852. The second-order valence-electron chi connectivity index (χ2n) is 6.21.